The predicted octanol–water partition coefficient (Wildman–Crippen LogP) is 3.44. The van der Waals surface area contributed by atoms with Crippen LogP contribution in [0.2, 0.25) is 0 Å². The van der Waals surface area contributed by atoms with Crippen LogP contribution in [0, 0.1) is 40.5 Å². The molecule has 1 amide bonds. The van der Waals surface area contributed by atoms with Gasteiger partial charge in [-0.2, -0.15) is 9.40 Å². The first kappa shape index (κ1) is 23.2. The van der Waals surface area contributed by atoms with Crippen molar-refractivity contribution in [2.45, 2.75) is 52.4 Å². The molecule has 1 aliphatic rings. The number of amides is 1. The minimum Gasteiger partial charge on any atom is -0.360 e. The van der Waals surface area contributed by atoms with Gasteiger partial charge in [0, 0.05) is 25.1 Å². The van der Waals surface area contributed by atoms with Gasteiger partial charge in [-0.15, -0.1) is 0 Å². The Kier molecular flexibility index (Phi) is 6.15. The Balaban J connectivity index is 1.47. The summed E-state index contributed by atoms with van der Waals surface area (Å²) in [6.45, 7) is 9.66. The van der Waals surface area contributed by atoms with Crippen molar-refractivity contribution in [3.05, 3.63) is 52.5 Å². The number of aromatic nitrogens is 3. The van der Waals surface area contributed by atoms with Gasteiger partial charge in [0.05, 0.1) is 11.4 Å². The largest absolute Gasteiger partial charge is 0.360 e. The zero-order valence-electron chi connectivity index (χ0n) is 19.5. The Hall–Kier alpha value is -2.98. The standard InChI is InChI=1S/C23H29N5O4S/c1-14-10-15(2)12-20(11-14)28-21(13-16(3)25-28)24-23(29)19-6-8-27(9-7-19)33(30,31)22-17(4)26-32-18(22)5/h10-13,19H,6-9H2,1-5H3,(H,24,29). The highest BCUT2D eigenvalue weighted by atomic mass is 32.2. The fourth-order valence-electron chi connectivity index (χ4n) is 4.42. The number of piperidine rings is 1. The van der Waals surface area contributed by atoms with E-state index < -0.39 is 10.0 Å². The Morgan fingerprint density at radius 2 is 1.67 bits per heavy atom. The Morgan fingerprint density at radius 3 is 2.24 bits per heavy atom. The lowest BCUT2D eigenvalue weighted by Crippen LogP contribution is -2.41. The summed E-state index contributed by atoms with van der Waals surface area (Å²) in [6.07, 6.45) is 0.871. The van der Waals surface area contributed by atoms with Crippen LogP contribution >= 0.6 is 0 Å². The molecule has 176 valence electrons. The van der Waals surface area contributed by atoms with Crippen molar-refractivity contribution in [3.8, 4) is 5.69 Å². The van der Waals surface area contributed by atoms with Gasteiger partial charge in [0.25, 0.3) is 0 Å². The highest BCUT2D eigenvalue weighted by Gasteiger charge is 2.35. The average molecular weight is 472 g/mol. The minimum absolute atomic E-state index is 0.123. The quantitative estimate of drug-likeness (QED) is 0.610. The van der Waals surface area contributed by atoms with Crippen LogP contribution in [0.3, 0.4) is 0 Å². The number of hydrogen-bond donors (Lipinski definition) is 1. The molecule has 0 saturated carbocycles. The summed E-state index contributed by atoms with van der Waals surface area (Å²) in [5, 5.41) is 11.3. The van der Waals surface area contributed by atoms with Crippen molar-refractivity contribution in [2.24, 2.45) is 5.92 Å². The SMILES string of the molecule is Cc1cc(C)cc(-n2nc(C)cc2NC(=O)C2CCN(S(=O)(=O)c3c(C)noc3C)CC2)c1. The van der Waals surface area contributed by atoms with E-state index in [-0.39, 0.29) is 35.6 Å². The van der Waals surface area contributed by atoms with E-state index in [2.05, 4.69) is 21.6 Å². The second-order valence-corrected chi connectivity index (χ2v) is 10.6. The van der Waals surface area contributed by atoms with Crippen molar-refractivity contribution in [3.63, 3.8) is 0 Å². The molecule has 0 unspecified atom stereocenters. The van der Waals surface area contributed by atoms with Gasteiger partial charge in [-0.1, -0.05) is 11.2 Å². The summed E-state index contributed by atoms with van der Waals surface area (Å²) in [4.78, 5) is 13.2. The zero-order chi connectivity index (χ0) is 23.9. The molecular formula is C23H29N5O4S. The maximum absolute atomic E-state index is 13.0. The third kappa shape index (κ3) is 4.58. The van der Waals surface area contributed by atoms with Gasteiger partial charge in [-0.05, 0) is 70.7 Å². The average Bonchev–Trinajstić information content (AvgIpc) is 3.28. The van der Waals surface area contributed by atoms with Crippen molar-refractivity contribution in [1.82, 2.24) is 19.2 Å². The fraction of sp³-hybridized carbons (Fsp3) is 0.435. The van der Waals surface area contributed by atoms with Gasteiger partial charge >= 0.3 is 0 Å². The van der Waals surface area contributed by atoms with E-state index >= 15 is 0 Å². The number of aryl methyl sites for hydroxylation is 5. The number of benzene rings is 1. The summed E-state index contributed by atoms with van der Waals surface area (Å²) in [7, 11) is -3.70. The number of rotatable bonds is 5. The maximum atomic E-state index is 13.0. The van der Waals surface area contributed by atoms with Crippen LogP contribution in [0.15, 0.2) is 33.7 Å². The first-order valence-corrected chi connectivity index (χ1v) is 12.4. The molecule has 0 spiro atoms. The van der Waals surface area contributed by atoms with Crippen LogP contribution in [-0.2, 0) is 14.8 Å². The van der Waals surface area contributed by atoms with Gasteiger partial charge in [0.15, 0.2) is 5.76 Å². The van der Waals surface area contributed by atoms with Gasteiger partial charge in [0.1, 0.15) is 16.4 Å². The molecule has 3 heterocycles. The van der Waals surface area contributed by atoms with E-state index in [1.807, 2.05) is 39.0 Å². The molecule has 0 atom stereocenters. The molecule has 1 aromatic carbocycles. The predicted molar refractivity (Wildman–Crippen MR) is 124 cm³/mol. The molecule has 1 N–H and O–H groups in total. The second-order valence-electron chi connectivity index (χ2n) is 8.75. The Morgan fingerprint density at radius 1 is 1.03 bits per heavy atom. The number of hydrogen-bond acceptors (Lipinski definition) is 6. The van der Waals surface area contributed by atoms with Crippen molar-refractivity contribution >= 4 is 21.7 Å². The van der Waals surface area contributed by atoms with Crippen LogP contribution < -0.4 is 5.32 Å². The molecule has 0 bridgehead atoms. The number of carbonyl (C=O) groups excluding carboxylic acids is 1. The molecule has 4 rings (SSSR count). The second kappa shape index (κ2) is 8.75. The fourth-order valence-corrected chi connectivity index (χ4v) is 6.18. The third-order valence-electron chi connectivity index (χ3n) is 5.92. The van der Waals surface area contributed by atoms with E-state index in [0.717, 1.165) is 22.5 Å². The summed E-state index contributed by atoms with van der Waals surface area (Å²) in [5.41, 5.74) is 4.26. The molecular weight excluding hydrogens is 442 g/mol. The summed E-state index contributed by atoms with van der Waals surface area (Å²) in [6, 6.07) is 7.97. The molecule has 3 aromatic rings. The highest BCUT2D eigenvalue weighted by Crippen LogP contribution is 2.28. The lowest BCUT2D eigenvalue weighted by Gasteiger charge is -2.30. The van der Waals surface area contributed by atoms with Crippen molar-refractivity contribution in [1.29, 1.82) is 0 Å². The lowest BCUT2D eigenvalue weighted by atomic mass is 9.97. The monoisotopic (exact) mass is 471 g/mol. The van der Waals surface area contributed by atoms with Crippen LogP contribution in [-0.4, -0.2) is 46.7 Å². The summed E-state index contributed by atoms with van der Waals surface area (Å²) < 4.78 is 34.2. The first-order chi connectivity index (χ1) is 15.6. The number of carbonyl (C=O) groups is 1. The molecule has 0 aliphatic carbocycles. The molecule has 33 heavy (non-hydrogen) atoms. The number of anilines is 1. The Labute approximate surface area is 193 Å². The van der Waals surface area contributed by atoms with E-state index in [1.165, 1.54) is 4.31 Å². The molecule has 9 nitrogen and oxygen atoms in total. The highest BCUT2D eigenvalue weighted by molar-refractivity contribution is 7.89. The van der Waals surface area contributed by atoms with Crippen LogP contribution in [0.1, 0.15) is 41.1 Å². The summed E-state index contributed by atoms with van der Waals surface area (Å²) >= 11 is 0. The Bertz CT molecular complexity index is 1260. The number of sulfonamides is 1. The molecule has 0 radical (unpaired) electrons. The summed E-state index contributed by atoms with van der Waals surface area (Å²) in [5.74, 6) is 0.467. The van der Waals surface area contributed by atoms with Crippen molar-refractivity contribution in [2.75, 3.05) is 18.4 Å². The van der Waals surface area contributed by atoms with Gasteiger partial charge in [-0.25, -0.2) is 13.1 Å². The van der Waals surface area contributed by atoms with E-state index in [0.29, 0.717) is 24.4 Å². The molecule has 1 fully saturated rings. The molecule has 1 aliphatic heterocycles. The normalized spacial score (nSPS) is 15.7. The van der Waals surface area contributed by atoms with E-state index in [1.54, 1.807) is 18.5 Å². The van der Waals surface area contributed by atoms with Gasteiger partial charge < -0.3 is 9.84 Å². The van der Waals surface area contributed by atoms with Crippen LogP contribution in [0.4, 0.5) is 5.82 Å². The van der Waals surface area contributed by atoms with Crippen LogP contribution in [0.5, 0.6) is 0 Å². The number of nitrogens with one attached hydrogen (secondary N) is 1. The van der Waals surface area contributed by atoms with Crippen molar-refractivity contribution < 1.29 is 17.7 Å². The molecule has 2 aromatic heterocycles. The third-order valence-corrected chi connectivity index (χ3v) is 8.07. The minimum atomic E-state index is -3.70. The number of nitrogens with zero attached hydrogens (tertiary/aromatic N) is 4. The van der Waals surface area contributed by atoms with E-state index in [9.17, 15) is 13.2 Å². The topological polar surface area (TPSA) is 110 Å². The van der Waals surface area contributed by atoms with Gasteiger partial charge in [-0.3, -0.25) is 4.79 Å². The van der Waals surface area contributed by atoms with Crippen LogP contribution in [0.25, 0.3) is 5.69 Å². The van der Waals surface area contributed by atoms with E-state index in [4.69, 9.17) is 4.52 Å². The van der Waals surface area contributed by atoms with Gasteiger partial charge in [0.2, 0.25) is 15.9 Å². The maximum Gasteiger partial charge on any atom is 0.248 e. The smallest absolute Gasteiger partial charge is 0.248 e. The molecule has 10 heteroatoms. The first-order valence-electron chi connectivity index (χ1n) is 11.0. The zero-order valence-corrected chi connectivity index (χ0v) is 20.4. The lowest BCUT2D eigenvalue weighted by molar-refractivity contribution is -0.120. The molecule has 1 saturated heterocycles.